The molecule has 2 aliphatic rings. The van der Waals surface area contributed by atoms with Gasteiger partial charge in [0, 0.05) is 39.1 Å². The summed E-state index contributed by atoms with van der Waals surface area (Å²) in [6, 6.07) is 8.39. The second-order valence-electron chi connectivity index (χ2n) is 7.14. The Morgan fingerprint density at radius 3 is 2.78 bits per heavy atom. The Labute approximate surface area is 159 Å². The molecule has 0 saturated carbocycles. The molecule has 2 aromatic rings. The Kier molecular flexibility index (Phi) is 5.74. The molecule has 0 bridgehead atoms. The third-order valence-corrected chi connectivity index (χ3v) is 5.32. The number of benzene rings is 1. The van der Waals surface area contributed by atoms with Crippen molar-refractivity contribution < 1.29 is 9.53 Å². The van der Waals surface area contributed by atoms with E-state index in [1.54, 1.807) is 0 Å². The van der Waals surface area contributed by atoms with E-state index in [1.165, 1.54) is 11.1 Å². The van der Waals surface area contributed by atoms with Crippen molar-refractivity contribution in [2.45, 2.75) is 38.9 Å². The molecule has 0 aliphatic carbocycles. The predicted molar refractivity (Wildman–Crippen MR) is 98.7 cm³/mol. The minimum atomic E-state index is 0.215. The Morgan fingerprint density at radius 1 is 1.11 bits per heavy atom. The fourth-order valence-corrected chi connectivity index (χ4v) is 3.72. The van der Waals surface area contributed by atoms with Crippen LogP contribution in [-0.4, -0.2) is 68.8 Å². The first-order valence-corrected chi connectivity index (χ1v) is 9.69. The molecule has 8 heteroatoms. The van der Waals surface area contributed by atoms with Crippen molar-refractivity contribution in [2.75, 3.05) is 32.8 Å². The molecule has 3 heterocycles. The van der Waals surface area contributed by atoms with E-state index in [1.807, 2.05) is 15.6 Å². The molecule has 144 valence electrons. The quantitative estimate of drug-likeness (QED) is 0.751. The number of hydrogen-bond donors (Lipinski definition) is 0. The lowest BCUT2D eigenvalue weighted by Crippen LogP contribution is -2.36. The van der Waals surface area contributed by atoms with Gasteiger partial charge in [-0.3, -0.25) is 9.69 Å². The molecule has 1 aromatic heterocycles. The molecule has 0 radical (unpaired) electrons. The van der Waals surface area contributed by atoms with Crippen LogP contribution in [0.25, 0.3) is 0 Å². The van der Waals surface area contributed by atoms with Gasteiger partial charge in [0.15, 0.2) is 5.82 Å². The van der Waals surface area contributed by atoms with Crippen molar-refractivity contribution in [2.24, 2.45) is 0 Å². The summed E-state index contributed by atoms with van der Waals surface area (Å²) in [6.07, 6.45) is 2.22. The zero-order valence-corrected chi connectivity index (χ0v) is 15.6. The van der Waals surface area contributed by atoms with Crippen LogP contribution in [0.15, 0.2) is 24.3 Å². The molecule has 1 aromatic carbocycles. The van der Waals surface area contributed by atoms with E-state index in [2.05, 4.69) is 38.6 Å². The van der Waals surface area contributed by atoms with Crippen LogP contribution in [0.4, 0.5) is 0 Å². The van der Waals surface area contributed by atoms with Gasteiger partial charge in [-0.2, -0.15) is 0 Å². The van der Waals surface area contributed by atoms with E-state index in [4.69, 9.17) is 4.74 Å². The Hall–Kier alpha value is -2.32. The lowest BCUT2D eigenvalue weighted by Gasteiger charge is -2.29. The van der Waals surface area contributed by atoms with Crippen LogP contribution in [0.2, 0.25) is 0 Å². The first kappa shape index (κ1) is 18.1. The maximum absolute atomic E-state index is 12.6. The summed E-state index contributed by atoms with van der Waals surface area (Å²) in [7, 11) is 0. The second kappa shape index (κ2) is 8.58. The molecule has 0 unspecified atom stereocenters. The summed E-state index contributed by atoms with van der Waals surface area (Å²) in [4.78, 5) is 16.8. The highest BCUT2D eigenvalue weighted by molar-refractivity contribution is 5.76. The van der Waals surface area contributed by atoms with Crippen LogP contribution in [0.3, 0.4) is 0 Å². The fourth-order valence-electron chi connectivity index (χ4n) is 3.72. The summed E-state index contributed by atoms with van der Waals surface area (Å²) >= 11 is 0. The van der Waals surface area contributed by atoms with E-state index in [-0.39, 0.29) is 5.91 Å². The van der Waals surface area contributed by atoms with Gasteiger partial charge in [-0.05, 0) is 34.4 Å². The Morgan fingerprint density at radius 2 is 1.93 bits per heavy atom. The first-order chi connectivity index (χ1) is 13.3. The number of tetrazole rings is 1. The highest BCUT2D eigenvalue weighted by Gasteiger charge is 2.20. The zero-order valence-electron chi connectivity index (χ0n) is 15.6. The SMILES string of the molecule is O=C(CCCn1nnnc1CN1CCOCC1)N1CCc2ccccc2C1. The zero-order chi connectivity index (χ0) is 18.5. The van der Waals surface area contributed by atoms with Crippen LogP contribution in [0.1, 0.15) is 29.8 Å². The molecule has 1 amide bonds. The van der Waals surface area contributed by atoms with Gasteiger partial charge in [0.2, 0.25) is 5.91 Å². The number of aromatic nitrogens is 4. The third-order valence-electron chi connectivity index (χ3n) is 5.32. The van der Waals surface area contributed by atoms with Crippen molar-refractivity contribution in [3.05, 3.63) is 41.2 Å². The number of fused-ring (bicyclic) bond motifs is 1. The third kappa shape index (κ3) is 4.51. The molecule has 0 atom stereocenters. The van der Waals surface area contributed by atoms with Crippen molar-refractivity contribution in [3.8, 4) is 0 Å². The number of rotatable bonds is 6. The van der Waals surface area contributed by atoms with Gasteiger partial charge in [0.1, 0.15) is 0 Å². The minimum absolute atomic E-state index is 0.215. The Bertz CT molecular complexity index is 771. The molecule has 8 nitrogen and oxygen atoms in total. The van der Waals surface area contributed by atoms with E-state index in [9.17, 15) is 4.79 Å². The van der Waals surface area contributed by atoms with Crippen LogP contribution in [0, 0.1) is 0 Å². The smallest absolute Gasteiger partial charge is 0.222 e. The molecular formula is C19H26N6O2. The van der Waals surface area contributed by atoms with Crippen LogP contribution < -0.4 is 0 Å². The topological polar surface area (TPSA) is 76.4 Å². The Balaban J connectivity index is 1.25. The molecule has 1 fully saturated rings. The molecule has 27 heavy (non-hydrogen) atoms. The maximum Gasteiger partial charge on any atom is 0.222 e. The van der Waals surface area contributed by atoms with Gasteiger partial charge in [-0.25, -0.2) is 4.68 Å². The molecule has 4 rings (SSSR count). The average Bonchev–Trinajstić information content (AvgIpc) is 3.15. The summed E-state index contributed by atoms with van der Waals surface area (Å²) < 4.78 is 7.21. The lowest BCUT2D eigenvalue weighted by molar-refractivity contribution is -0.132. The van der Waals surface area contributed by atoms with Gasteiger partial charge >= 0.3 is 0 Å². The highest BCUT2D eigenvalue weighted by Crippen LogP contribution is 2.19. The standard InChI is InChI=1S/C19H26N6O2/c26-19(24-9-7-16-4-1-2-5-17(16)14-24)6-3-8-25-18(20-21-22-25)15-23-10-12-27-13-11-23/h1-2,4-5H,3,6-15H2. The number of ether oxygens (including phenoxy) is 1. The van der Waals surface area contributed by atoms with Crippen LogP contribution >= 0.6 is 0 Å². The maximum atomic E-state index is 12.6. The van der Waals surface area contributed by atoms with Crippen molar-refractivity contribution >= 4 is 5.91 Å². The van der Waals surface area contributed by atoms with Crippen molar-refractivity contribution in [1.29, 1.82) is 0 Å². The second-order valence-corrected chi connectivity index (χ2v) is 7.14. The predicted octanol–water partition coefficient (Wildman–Crippen LogP) is 0.870. The van der Waals surface area contributed by atoms with Gasteiger partial charge < -0.3 is 9.64 Å². The number of morpholine rings is 1. The highest BCUT2D eigenvalue weighted by atomic mass is 16.5. The summed E-state index contributed by atoms with van der Waals surface area (Å²) in [5.41, 5.74) is 2.63. The number of aryl methyl sites for hydroxylation is 1. The number of amides is 1. The van der Waals surface area contributed by atoms with Gasteiger partial charge in [0.25, 0.3) is 0 Å². The minimum Gasteiger partial charge on any atom is -0.379 e. The number of carbonyl (C=O) groups is 1. The largest absolute Gasteiger partial charge is 0.379 e. The average molecular weight is 370 g/mol. The van der Waals surface area contributed by atoms with Gasteiger partial charge in [-0.15, -0.1) is 5.10 Å². The van der Waals surface area contributed by atoms with E-state index < -0.39 is 0 Å². The van der Waals surface area contributed by atoms with Gasteiger partial charge in [0.05, 0.1) is 19.8 Å². The number of hydrogen-bond acceptors (Lipinski definition) is 6. The van der Waals surface area contributed by atoms with Crippen molar-refractivity contribution in [1.82, 2.24) is 30.0 Å². The van der Waals surface area contributed by atoms with E-state index in [0.717, 1.165) is 64.6 Å². The van der Waals surface area contributed by atoms with Crippen LogP contribution in [-0.2, 0) is 35.6 Å². The fraction of sp³-hybridized carbons (Fsp3) is 0.579. The van der Waals surface area contributed by atoms with Crippen molar-refractivity contribution in [3.63, 3.8) is 0 Å². The molecule has 1 saturated heterocycles. The molecule has 0 spiro atoms. The van der Waals surface area contributed by atoms with E-state index in [0.29, 0.717) is 13.0 Å². The summed E-state index contributed by atoms with van der Waals surface area (Å²) in [5, 5.41) is 12.1. The summed E-state index contributed by atoms with van der Waals surface area (Å²) in [6.45, 7) is 6.26. The molecule has 0 N–H and O–H groups in total. The van der Waals surface area contributed by atoms with Gasteiger partial charge in [-0.1, -0.05) is 24.3 Å². The van der Waals surface area contributed by atoms with Crippen LogP contribution in [0.5, 0.6) is 0 Å². The molecule has 2 aliphatic heterocycles. The number of nitrogens with zero attached hydrogens (tertiary/aromatic N) is 6. The van der Waals surface area contributed by atoms with E-state index >= 15 is 0 Å². The lowest BCUT2D eigenvalue weighted by atomic mass is 9.99. The normalized spacial score (nSPS) is 17.7. The molecular weight excluding hydrogens is 344 g/mol. The monoisotopic (exact) mass is 370 g/mol. The summed E-state index contributed by atoms with van der Waals surface area (Å²) in [5.74, 6) is 1.07. The first-order valence-electron chi connectivity index (χ1n) is 9.69. The number of carbonyl (C=O) groups excluding carboxylic acids is 1.